The number of benzene rings is 1. The van der Waals surface area contributed by atoms with Crippen LogP contribution in [0.1, 0.15) is 39.9 Å². The summed E-state index contributed by atoms with van der Waals surface area (Å²) in [6.07, 6.45) is 1.99. The van der Waals surface area contributed by atoms with Crippen molar-refractivity contribution in [1.29, 1.82) is 0 Å². The SMILES string of the molecule is Cc1ccnc(NC(=O)CCC(=O)c2ccc(C)c(C)c2)c1. The van der Waals surface area contributed by atoms with Crippen molar-refractivity contribution in [1.82, 2.24) is 4.98 Å². The number of aromatic nitrogens is 1. The second-order valence-corrected chi connectivity index (χ2v) is 5.49. The van der Waals surface area contributed by atoms with Crippen LogP contribution in [-0.4, -0.2) is 16.7 Å². The molecule has 1 heterocycles. The minimum absolute atomic E-state index is 0.0181. The van der Waals surface area contributed by atoms with E-state index in [0.717, 1.165) is 16.7 Å². The third-order valence-corrected chi connectivity index (χ3v) is 3.59. The van der Waals surface area contributed by atoms with Gasteiger partial charge >= 0.3 is 0 Å². The smallest absolute Gasteiger partial charge is 0.225 e. The average molecular weight is 296 g/mol. The zero-order valence-electron chi connectivity index (χ0n) is 13.1. The number of nitrogens with zero attached hydrogens (tertiary/aromatic N) is 1. The Hall–Kier alpha value is -2.49. The third-order valence-electron chi connectivity index (χ3n) is 3.59. The highest BCUT2D eigenvalue weighted by Crippen LogP contribution is 2.13. The number of rotatable bonds is 5. The van der Waals surface area contributed by atoms with Gasteiger partial charge in [-0.2, -0.15) is 0 Å². The van der Waals surface area contributed by atoms with Gasteiger partial charge in [-0.3, -0.25) is 9.59 Å². The van der Waals surface area contributed by atoms with Crippen molar-refractivity contribution in [2.45, 2.75) is 33.6 Å². The molecule has 0 radical (unpaired) electrons. The van der Waals surface area contributed by atoms with Gasteiger partial charge in [0.2, 0.25) is 5.91 Å². The standard InChI is InChI=1S/C18H20N2O2/c1-12-8-9-19-17(10-12)20-18(22)7-6-16(21)15-5-4-13(2)14(3)11-15/h4-5,8-11H,6-7H2,1-3H3,(H,19,20,22). The van der Waals surface area contributed by atoms with Crippen LogP contribution in [0.15, 0.2) is 36.5 Å². The maximum absolute atomic E-state index is 12.1. The summed E-state index contributed by atoms with van der Waals surface area (Å²) in [4.78, 5) is 28.1. The number of Topliss-reactive ketones (excluding diaryl/α,β-unsaturated/α-hetero) is 1. The lowest BCUT2D eigenvalue weighted by molar-refractivity contribution is -0.116. The quantitative estimate of drug-likeness (QED) is 0.857. The van der Waals surface area contributed by atoms with Crippen LogP contribution >= 0.6 is 0 Å². The van der Waals surface area contributed by atoms with E-state index >= 15 is 0 Å². The number of carbonyl (C=O) groups is 2. The summed E-state index contributed by atoms with van der Waals surface area (Å²) in [7, 11) is 0. The Kier molecular flexibility index (Phi) is 5.04. The molecule has 2 aromatic rings. The van der Waals surface area contributed by atoms with Crippen LogP contribution in [0, 0.1) is 20.8 Å². The number of aryl methyl sites for hydroxylation is 3. The molecule has 1 N–H and O–H groups in total. The molecule has 114 valence electrons. The second kappa shape index (κ2) is 6.98. The van der Waals surface area contributed by atoms with E-state index in [1.807, 2.05) is 45.0 Å². The first kappa shape index (κ1) is 15.9. The van der Waals surface area contributed by atoms with Gasteiger partial charge in [0.05, 0.1) is 0 Å². The van der Waals surface area contributed by atoms with Gasteiger partial charge in [0.1, 0.15) is 5.82 Å². The van der Waals surface area contributed by atoms with E-state index in [-0.39, 0.29) is 24.5 Å². The predicted octanol–water partition coefficient (Wildman–Crippen LogP) is 3.61. The Morgan fingerprint density at radius 2 is 1.77 bits per heavy atom. The minimum atomic E-state index is -0.199. The predicted molar refractivity (Wildman–Crippen MR) is 87.1 cm³/mol. The van der Waals surface area contributed by atoms with Crippen LogP contribution < -0.4 is 5.32 Å². The Morgan fingerprint density at radius 3 is 2.45 bits per heavy atom. The lowest BCUT2D eigenvalue weighted by Crippen LogP contribution is -2.14. The van der Waals surface area contributed by atoms with Gasteiger partial charge in [0.25, 0.3) is 0 Å². The van der Waals surface area contributed by atoms with Crippen molar-refractivity contribution in [3.8, 4) is 0 Å². The summed E-state index contributed by atoms with van der Waals surface area (Å²) in [5.41, 5.74) is 3.92. The molecule has 22 heavy (non-hydrogen) atoms. The van der Waals surface area contributed by atoms with Crippen molar-refractivity contribution in [3.63, 3.8) is 0 Å². The van der Waals surface area contributed by atoms with Crippen molar-refractivity contribution < 1.29 is 9.59 Å². The third kappa shape index (κ3) is 4.25. The van der Waals surface area contributed by atoms with Crippen molar-refractivity contribution in [3.05, 3.63) is 58.8 Å². The fourth-order valence-electron chi connectivity index (χ4n) is 2.10. The number of amides is 1. The number of hydrogen-bond acceptors (Lipinski definition) is 3. The van der Waals surface area contributed by atoms with Crippen LogP contribution in [-0.2, 0) is 4.79 Å². The van der Waals surface area contributed by atoms with Crippen LogP contribution in [0.5, 0.6) is 0 Å². The van der Waals surface area contributed by atoms with E-state index in [2.05, 4.69) is 10.3 Å². The molecule has 1 aromatic heterocycles. The first-order valence-corrected chi connectivity index (χ1v) is 7.28. The molecule has 1 aromatic carbocycles. The summed E-state index contributed by atoms with van der Waals surface area (Å²) in [6, 6.07) is 9.27. The molecular formula is C18H20N2O2. The van der Waals surface area contributed by atoms with E-state index in [4.69, 9.17) is 0 Å². The molecule has 0 saturated carbocycles. The van der Waals surface area contributed by atoms with Gasteiger partial charge in [0.15, 0.2) is 5.78 Å². The van der Waals surface area contributed by atoms with Gasteiger partial charge in [-0.05, 0) is 55.7 Å². The normalized spacial score (nSPS) is 10.3. The van der Waals surface area contributed by atoms with Gasteiger partial charge in [-0.25, -0.2) is 4.98 Å². The number of nitrogens with one attached hydrogen (secondary N) is 1. The van der Waals surface area contributed by atoms with E-state index in [9.17, 15) is 9.59 Å². The van der Waals surface area contributed by atoms with E-state index in [1.165, 1.54) is 0 Å². The zero-order chi connectivity index (χ0) is 16.1. The number of ketones is 1. The van der Waals surface area contributed by atoms with Crippen molar-refractivity contribution in [2.75, 3.05) is 5.32 Å². The lowest BCUT2D eigenvalue weighted by atomic mass is 10.0. The molecule has 1 amide bonds. The molecular weight excluding hydrogens is 276 g/mol. The first-order valence-electron chi connectivity index (χ1n) is 7.28. The summed E-state index contributed by atoms with van der Waals surface area (Å²) in [5.74, 6) is 0.300. The molecule has 0 atom stereocenters. The molecule has 0 bridgehead atoms. The molecule has 0 spiro atoms. The molecule has 0 aliphatic heterocycles. The molecule has 0 aliphatic carbocycles. The lowest BCUT2D eigenvalue weighted by Gasteiger charge is -2.06. The minimum Gasteiger partial charge on any atom is -0.311 e. The number of carbonyl (C=O) groups excluding carboxylic acids is 2. The van der Waals surface area contributed by atoms with Gasteiger partial charge in [0, 0.05) is 24.6 Å². The topological polar surface area (TPSA) is 59.1 Å². The summed E-state index contributed by atoms with van der Waals surface area (Å²) in [5, 5.41) is 2.71. The zero-order valence-corrected chi connectivity index (χ0v) is 13.1. The maximum atomic E-state index is 12.1. The average Bonchev–Trinajstić information content (AvgIpc) is 2.47. The fourth-order valence-corrected chi connectivity index (χ4v) is 2.10. The molecule has 0 unspecified atom stereocenters. The van der Waals surface area contributed by atoms with Crippen molar-refractivity contribution in [2.24, 2.45) is 0 Å². The number of hydrogen-bond donors (Lipinski definition) is 1. The van der Waals surface area contributed by atoms with Gasteiger partial charge in [-0.15, -0.1) is 0 Å². The molecule has 0 saturated heterocycles. The molecule has 4 heteroatoms. The highest BCUT2D eigenvalue weighted by Gasteiger charge is 2.10. The van der Waals surface area contributed by atoms with E-state index < -0.39 is 0 Å². The Balaban J connectivity index is 1.90. The van der Waals surface area contributed by atoms with Gasteiger partial charge in [-0.1, -0.05) is 12.1 Å². The van der Waals surface area contributed by atoms with Gasteiger partial charge < -0.3 is 5.32 Å². The summed E-state index contributed by atoms with van der Waals surface area (Å²) < 4.78 is 0. The monoisotopic (exact) mass is 296 g/mol. The Bertz CT molecular complexity index is 708. The summed E-state index contributed by atoms with van der Waals surface area (Å²) >= 11 is 0. The van der Waals surface area contributed by atoms with E-state index in [0.29, 0.717) is 11.4 Å². The fraction of sp³-hybridized carbons (Fsp3) is 0.278. The Morgan fingerprint density at radius 1 is 1.00 bits per heavy atom. The number of anilines is 1. The van der Waals surface area contributed by atoms with Crippen molar-refractivity contribution >= 4 is 17.5 Å². The molecule has 4 nitrogen and oxygen atoms in total. The first-order chi connectivity index (χ1) is 10.5. The van der Waals surface area contributed by atoms with Crippen LogP contribution in [0.3, 0.4) is 0 Å². The maximum Gasteiger partial charge on any atom is 0.225 e. The Labute approximate surface area is 130 Å². The highest BCUT2D eigenvalue weighted by molar-refractivity contribution is 5.99. The molecule has 2 rings (SSSR count). The van der Waals surface area contributed by atoms with Crippen LogP contribution in [0.25, 0.3) is 0 Å². The van der Waals surface area contributed by atoms with Crippen LogP contribution in [0.2, 0.25) is 0 Å². The summed E-state index contributed by atoms with van der Waals surface area (Å²) in [6.45, 7) is 5.91. The number of pyridine rings is 1. The van der Waals surface area contributed by atoms with E-state index in [1.54, 1.807) is 12.3 Å². The largest absolute Gasteiger partial charge is 0.311 e. The molecule has 0 aliphatic rings. The molecule has 0 fully saturated rings. The second-order valence-electron chi connectivity index (χ2n) is 5.49. The highest BCUT2D eigenvalue weighted by atomic mass is 16.2. The van der Waals surface area contributed by atoms with Crippen LogP contribution in [0.4, 0.5) is 5.82 Å².